The molecule has 0 N–H and O–H groups in total. The number of hydrogen-bond acceptors (Lipinski definition) is 8. The molecule has 0 aromatic carbocycles. The zero-order chi connectivity index (χ0) is 23.9. The van der Waals surface area contributed by atoms with Crippen LogP contribution in [0, 0.1) is 0 Å². The van der Waals surface area contributed by atoms with E-state index in [4.69, 9.17) is 20.6 Å². The Balaban J connectivity index is 0.00000342. The smallest absolute Gasteiger partial charge is 0.227 e. The molecule has 1 saturated carbocycles. The van der Waals surface area contributed by atoms with Crippen LogP contribution in [0.15, 0.2) is 15.1 Å². The predicted octanol–water partition coefficient (Wildman–Crippen LogP) is 3.13. The van der Waals surface area contributed by atoms with Crippen molar-refractivity contribution >= 4 is 35.8 Å². The van der Waals surface area contributed by atoms with Crippen LogP contribution in [0.1, 0.15) is 62.4 Å². The lowest BCUT2D eigenvalue weighted by atomic mass is 9.94. The van der Waals surface area contributed by atoms with Crippen molar-refractivity contribution in [3.8, 4) is 0 Å². The number of piperazine rings is 1. The first-order chi connectivity index (χ1) is 16.5. The molecule has 2 aromatic rings. The van der Waals surface area contributed by atoms with E-state index in [0.29, 0.717) is 74.0 Å². The summed E-state index contributed by atoms with van der Waals surface area (Å²) in [5.74, 6) is 1.97. The molecular formula is C23H34Cl2N6O4. The van der Waals surface area contributed by atoms with Crippen LogP contribution in [0.2, 0.25) is 5.15 Å². The van der Waals surface area contributed by atoms with Gasteiger partial charge in [-0.1, -0.05) is 41.2 Å². The molecule has 1 aliphatic heterocycles. The third kappa shape index (κ3) is 7.91. The van der Waals surface area contributed by atoms with Gasteiger partial charge >= 0.3 is 0 Å². The first-order valence-electron chi connectivity index (χ1n) is 12.2. The molecule has 0 unspecified atom stereocenters. The van der Waals surface area contributed by atoms with Crippen LogP contribution < -0.4 is 0 Å². The van der Waals surface area contributed by atoms with E-state index in [1.165, 1.54) is 19.3 Å². The van der Waals surface area contributed by atoms with Crippen molar-refractivity contribution in [2.24, 2.45) is 0 Å². The highest BCUT2D eigenvalue weighted by atomic mass is 35.5. The Morgan fingerprint density at radius 1 is 1.06 bits per heavy atom. The quantitative estimate of drug-likeness (QED) is 0.488. The first kappa shape index (κ1) is 27.4. The molecule has 1 aliphatic carbocycles. The number of hydrogen-bond donors (Lipinski definition) is 0. The van der Waals surface area contributed by atoms with Gasteiger partial charge in [0.1, 0.15) is 5.76 Å². The van der Waals surface area contributed by atoms with E-state index in [0.717, 1.165) is 25.9 Å². The monoisotopic (exact) mass is 528 g/mol. The summed E-state index contributed by atoms with van der Waals surface area (Å²) in [7, 11) is 1.91. The molecule has 10 nitrogen and oxygen atoms in total. The van der Waals surface area contributed by atoms with Gasteiger partial charge in [0, 0.05) is 71.0 Å². The molecule has 4 rings (SSSR count). The third-order valence-electron chi connectivity index (χ3n) is 6.78. The van der Waals surface area contributed by atoms with Gasteiger partial charge in [-0.05, 0) is 12.8 Å². The minimum atomic E-state index is 0. The third-order valence-corrected chi connectivity index (χ3v) is 6.96. The minimum Gasteiger partial charge on any atom is -0.360 e. The van der Waals surface area contributed by atoms with Crippen LogP contribution in [-0.2, 0) is 29.0 Å². The Kier molecular flexibility index (Phi) is 10.4. The summed E-state index contributed by atoms with van der Waals surface area (Å²) in [6, 6.07) is 2.00. The van der Waals surface area contributed by atoms with Crippen molar-refractivity contribution < 1.29 is 18.6 Å². The van der Waals surface area contributed by atoms with Crippen molar-refractivity contribution in [2.75, 3.05) is 33.2 Å². The van der Waals surface area contributed by atoms with Crippen LogP contribution in [0.25, 0.3) is 0 Å². The number of nitrogens with zero attached hydrogens (tertiary/aromatic N) is 6. The van der Waals surface area contributed by atoms with Gasteiger partial charge in [0.05, 0.1) is 6.54 Å². The topological polar surface area (TPSA) is 109 Å². The number of rotatable bonds is 9. The van der Waals surface area contributed by atoms with E-state index in [1.807, 2.05) is 16.8 Å². The van der Waals surface area contributed by atoms with E-state index in [2.05, 4.69) is 20.2 Å². The largest absolute Gasteiger partial charge is 0.360 e. The molecule has 0 bridgehead atoms. The van der Waals surface area contributed by atoms with Gasteiger partial charge < -0.3 is 18.8 Å². The van der Waals surface area contributed by atoms with Crippen molar-refractivity contribution in [1.82, 2.24) is 30.0 Å². The molecule has 2 fully saturated rings. The Morgan fingerprint density at radius 2 is 1.80 bits per heavy atom. The van der Waals surface area contributed by atoms with Crippen LogP contribution in [-0.4, -0.2) is 81.1 Å². The standard InChI is InChI=1S/C23H33ClN6O4.ClH/c1-28(17-5-3-2-4-6-17)22(31)10-8-21-25-20(27-34-21)16-29-11-13-30(14-12-29)23(32)9-7-18-15-19(24)26-33-18;/h15,17H,2-14,16H2,1H3;1H. The molecule has 1 saturated heterocycles. The molecule has 12 heteroatoms. The molecule has 2 amide bonds. The highest BCUT2D eigenvalue weighted by molar-refractivity contribution is 6.29. The first-order valence-corrected chi connectivity index (χ1v) is 12.5. The summed E-state index contributed by atoms with van der Waals surface area (Å²) in [4.78, 5) is 35.4. The van der Waals surface area contributed by atoms with Crippen LogP contribution >= 0.6 is 24.0 Å². The number of carbonyl (C=O) groups is 2. The van der Waals surface area contributed by atoms with Crippen molar-refractivity contribution in [1.29, 1.82) is 0 Å². The van der Waals surface area contributed by atoms with E-state index in [1.54, 1.807) is 6.07 Å². The fourth-order valence-corrected chi connectivity index (χ4v) is 4.82. The summed E-state index contributed by atoms with van der Waals surface area (Å²) in [6.45, 7) is 3.37. The molecule has 35 heavy (non-hydrogen) atoms. The highest BCUT2D eigenvalue weighted by Gasteiger charge is 2.24. The lowest BCUT2D eigenvalue weighted by molar-refractivity contribution is -0.133. The number of aromatic nitrogens is 3. The van der Waals surface area contributed by atoms with E-state index in [9.17, 15) is 9.59 Å². The average molecular weight is 529 g/mol. The molecule has 2 aliphatic rings. The Bertz CT molecular complexity index is 953. The van der Waals surface area contributed by atoms with E-state index in [-0.39, 0.29) is 24.2 Å². The van der Waals surface area contributed by atoms with Gasteiger partial charge in [-0.25, -0.2) is 0 Å². The van der Waals surface area contributed by atoms with Gasteiger partial charge in [0.2, 0.25) is 17.7 Å². The average Bonchev–Trinajstić information content (AvgIpc) is 3.50. The predicted molar refractivity (Wildman–Crippen MR) is 131 cm³/mol. The second-order valence-electron chi connectivity index (χ2n) is 9.17. The van der Waals surface area contributed by atoms with E-state index >= 15 is 0 Å². The number of amides is 2. The molecule has 0 atom stereocenters. The maximum Gasteiger partial charge on any atom is 0.227 e. The van der Waals surface area contributed by atoms with Gasteiger partial charge in [0.25, 0.3) is 0 Å². The summed E-state index contributed by atoms with van der Waals surface area (Å²) in [5.41, 5.74) is 0. The number of aryl methyl sites for hydroxylation is 2. The summed E-state index contributed by atoms with van der Waals surface area (Å²) in [5, 5.41) is 8.01. The molecule has 3 heterocycles. The normalized spacial score (nSPS) is 17.3. The number of carbonyl (C=O) groups excluding carboxylic acids is 2. The summed E-state index contributed by atoms with van der Waals surface area (Å²) in [6.07, 6.45) is 7.58. The molecule has 0 radical (unpaired) electrons. The van der Waals surface area contributed by atoms with Gasteiger partial charge in [-0.3, -0.25) is 14.5 Å². The van der Waals surface area contributed by atoms with Gasteiger partial charge in [0.15, 0.2) is 11.0 Å². The molecule has 2 aromatic heterocycles. The van der Waals surface area contributed by atoms with Crippen molar-refractivity contribution in [3.05, 3.63) is 28.7 Å². The highest BCUT2D eigenvalue weighted by Crippen LogP contribution is 2.22. The lowest BCUT2D eigenvalue weighted by Crippen LogP contribution is -2.48. The zero-order valence-corrected chi connectivity index (χ0v) is 21.7. The van der Waals surface area contributed by atoms with E-state index < -0.39 is 0 Å². The Morgan fingerprint density at radius 3 is 2.49 bits per heavy atom. The Labute approximate surface area is 216 Å². The van der Waals surface area contributed by atoms with Crippen LogP contribution in [0.3, 0.4) is 0 Å². The second-order valence-corrected chi connectivity index (χ2v) is 9.56. The molecule has 194 valence electrons. The number of halogens is 2. The van der Waals surface area contributed by atoms with Crippen molar-refractivity contribution in [2.45, 2.75) is 70.4 Å². The SMILES string of the molecule is CN(C(=O)CCc1nc(CN2CCN(C(=O)CCc3cc(Cl)no3)CC2)no1)C1CCCCC1.Cl. The summed E-state index contributed by atoms with van der Waals surface area (Å²) < 4.78 is 10.4. The van der Waals surface area contributed by atoms with Crippen LogP contribution in [0.5, 0.6) is 0 Å². The summed E-state index contributed by atoms with van der Waals surface area (Å²) >= 11 is 5.74. The van der Waals surface area contributed by atoms with Crippen molar-refractivity contribution in [3.63, 3.8) is 0 Å². The minimum absolute atomic E-state index is 0. The maximum absolute atomic E-state index is 12.5. The molecule has 0 spiro atoms. The van der Waals surface area contributed by atoms with Gasteiger partial charge in [-0.15, -0.1) is 12.4 Å². The van der Waals surface area contributed by atoms with Gasteiger partial charge in [-0.2, -0.15) is 4.98 Å². The Hall–Kier alpha value is -2.17. The lowest BCUT2D eigenvalue weighted by Gasteiger charge is -2.34. The maximum atomic E-state index is 12.5. The zero-order valence-electron chi connectivity index (χ0n) is 20.2. The fraction of sp³-hybridized carbons (Fsp3) is 0.696. The van der Waals surface area contributed by atoms with Crippen LogP contribution in [0.4, 0.5) is 0 Å². The fourth-order valence-electron chi connectivity index (χ4n) is 4.67. The second kappa shape index (κ2) is 13.2. The molecular weight excluding hydrogens is 495 g/mol.